The zero-order chi connectivity index (χ0) is 22.3. The molecule has 0 saturated carbocycles. The molecule has 0 spiro atoms. The van der Waals surface area contributed by atoms with Crippen LogP contribution in [-0.4, -0.2) is 78.5 Å². The van der Waals surface area contributed by atoms with Gasteiger partial charge >= 0.3 is 12.1 Å². The first-order chi connectivity index (χ1) is 14.2. The molecule has 2 heterocycles. The monoisotopic (exact) mass is 534 g/mol. The summed E-state index contributed by atoms with van der Waals surface area (Å²) in [6, 6.07) is 0. The lowest BCUT2D eigenvalue weighted by Gasteiger charge is -2.33. The van der Waals surface area contributed by atoms with Crippen LogP contribution in [0, 0.1) is 11.8 Å². The predicted octanol–water partition coefficient (Wildman–Crippen LogP) is 3.36. The number of hydrogen-bond acceptors (Lipinski definition) is 6. The molecule has 1 N–H and O–H groups in total. The summed E-state index contributed by atoms with van der Waals surface area (Å²) in [5, 5.41) is 10.3. The molecule has 2 aliphatic rings. The lowest BCUT2D eigenvalue weighted by atomic mass is 9.92. The molecular formula is C22H35IN2O5. The number of carbonyl (C=O) groups is 2. The number of ether oxygens (including phenoxy) is 2. The molecule has 0 aromatic rings. The minimum Gasteiger partial charge on any atom is -0.457 e. The third kappa shape index (κ3) is 7.53. The second-order valence-electron chi connectivity index (χ2n) is 8.56. The van der Waals surface area contributed by atoms with E-state index in [4.69, 9.17) is 9.47 Å². The van der Waals surface area contributed by atoms with Gasteiger partial charge in [0, 0.05) is 32.1 Å². The van der Waals surface area contributed by atoms with Gasteiger partial charge in [0.15, 0.2) is 0 Å². The van der Waals surface area contributed by atoms with E-state index in [0.29, 0.717) is 25.9 Å². The molecule has 0 aromatic heterocycles. The number of piperazine rings is 1. The molecule has 1 fully saturated rings. The summed E-state index contributed by atoms with van der Waals surface area (Å²) in [5.41, 5.74) is 0.937. The number of aliphatic hydroxyl groups excluding tert-OH is 1. The Morgan fingerprint density at radius 1 is 1.23 bits per heavy atom. The minimum atomic E-state index is -0.766. The largest absolute Gasteiger partial charge is 0.457 e. The zero-order valence-corrected chi connectivity index (χ0v) is 20.6. The highest BCUT2D eigenvalue weighted by molar-refractivity contribution is 14.1. The molecule has 0 radical (unpaired) electrons. The average Bonchev–Trinajstić information content (AvgIpc) is 2.72. The van der Waals surface area contributed by atoms with Gasteiger partial charge < -0.3 is 24.4 Å². The lowest BCUT2D eigenvalue weighted by molar-refractivity contribution is -0.151. The summed E-state index contributed by atoms with van der Waals surface area (Å²) in [4.78, 5) is 28.9. The van der Waals surface area contributed by atoms with Crippen LogP contribution in [0.25, 0.3) is 0 Å². The normalized spacial score (nSPS) is 33.8. The highest BCUT2D eigenvalue weighted by atomic mass is 127. The van der Waals surface area contributed by atoms with Crippen molar-refractivity contribution < 1.29 is 24.2 Å². The number of carbonyl (C=O) groups excluding carboxylic acids is 2. The first-order valence-electron chi connectivity index (χ1n) is 10.7. The SMILES string of the molecule is C/C(=C\I)[C@H]1OC(=O)C[C@H](O)CC[C@H](C)[C@H](OC(=O)N2CCN(C)CC2)/C=C/[C@@H]1C. The molecule has 0 unspecified atom stereocenters. The Bertz CT molecular complexity index is 645. The Labute approximate surface area is 193 Å². The Balaban J connectivity index is 2.18. The molecule has 30 heavy (non-hydrogen) atoms. The van der Waals surface area contributed by atoms with E-state index in [1.807, 2.05) is 44.1 Å². The standard InChI is InChI=1S/C22H35IN2O5/c1-15-5-7-18(26)13-20(27)30-21(17(3)14-23)16(2)6-8-19(15)29-22(28)25-11-9-24(4)10-12-25/h6,8,14-16,18-19,21,26H,5,7,9-13H2,1-4H3/b8-6+,17-14+/t15-,16-,18+,19+,21-/m0/s1. The summed E-state index contributed by atoms with van der Waals surface area (Å²) in [6.45, 7) is 8.91. The van der Waals surface area contributed by atoms with Gasteiger partial charge in [0.2, 0.25) is 0 Å². The van der Waals surface area contributed by atoms with Gasteiger partial charge in [-0.2, -0.15) is 0 Å². The number of esters is 1. The van der Waals surface area contributed by atoms with Crippen LogP contribution < -0.4 is 0 Å². The summed E-state index contributed by atoms with van der Waals surface area (Å²) in [6.07, 6.45) is 3.08. The van der Waals surface area contributed by atoms with E-state index in [0.717, 1.165) is 18.7 Å². The van der Waals surface area contributed by atoms with Gasteiger partial charge in [-0.25, -0.2) is 4.79 Å². The van der Waals surface area contributed by atoms with Crippen molar-refractivity contribution in [1.29, 1.82) is 0 Å². The maximum Gasteiger partial charge on any atom is 0.410 e. The highest BCUT2D eigenvalue weighted by Crippen LogP contribution is 2.25. The maximum atomic E-state index is 12.7. The molecule has 0 aliphatic carbocycles. The molecule has 1 amide bonds. The van der Waals surface area contributed by atoms with Crippen LogP contribution in [0.4, 0.5) is 4.79 Å². The fourth-order valence-electron chi connectivity index (χ4n) is 3.69. The molecular weight excluding hydrogens is 499 g/mol. The van der Waals surface area contributed by atoms with E-state index < -0.39 is 24.3 Å². The van der Waals surface area contributed by atoms with Crippen molar-refractivity contribution >= 4 is 34.7 Å². The second-order valence-corrected chi connectivity index (χ2v) is 9.18. The first-order valence-corrected chi connectivity index (χ1v) is 11.9. The number of rotatable bonds is 2. The smallest absolute Gasteiger partial charge is 0.410 e. The third-order valence-electron chi connectivity index (χ3n) is 5.88. The van der Waals surface area contributed by atoms with Crippen molar-refractivity contribution in [1.82, 2.24) is 9.80 Å². The quantitative estimate of drug-likeness (QED) is 0.333. The molecule has 5 atom stereocenters. The maximum absolute atomic E-state index is 12.7. The number of amides is 1. The third-order valence-corrected chi connectivity index (χ3v) is 6.86. The van der Waals surface area contributed by atoms with Crippen LogP contribution in [0.1, 0.15) is 40.0 Å². The van der Waals surface area contributed by atoms with Crippen LogP contribution >= 0.6 is 22.6 Å². The van der Waals surface area contributed by atoms with Crippen LogP contribution in [0.3, 0.4) is 0 Å². The summed E-state index contributed by atoms with van der Waals surface area (Å²) < 4.78 is 13.4. The van der Waals surface area contributed by atoms with Crippen molar-refractivity contribution in [2.75, 3.05) is 33.2 Å². The first kappa shape index (κ1) is 25.1. The fourth-order valence-corrected chi connectivity index (χ4v) is 4.05. The van der Waals surface area contributed by atoms with Gasteiger partial charge in [-0.3, -0.25) is 4.79 Å². The van der Waals surface area contributed by atoms with Crippen molar-refractivity contribution in [3.8, 4) is 0 Å². The Hall–Kier alpha value is -1.13. The Kier molecular flexibility index (Phi) is 10.1. The summed E-state index contributed by atoms with van der Waals surface area (Å²) in [7, 11) is 2.04. The van der Waals surface area contributed by atoms with E-state index in [2.05, 4.69) is 27.5 Å². The predicted molar refractivity (Wildman–Crippen MR) is 124 cm³/mol. The highest BCUT2D eigenvalue weighted by Gasteiger charge is 2.28. The van der Waals surface area contributed by atoms with E-state index in [1.165, 1.54) is 0 Å². The van der Waals surface area contributed by atoms with Crippen LogP contribution in [0.15, 0.2) is 21.8 Å². The van der Waals surface area contributed by atoms with Crippen LogP contribution in [0.2, 0.25) is 0 Å². The molecule has 2 rings (SSSR count). The van der Waals surface area contributed by atoms with Gasteiger partial charge in [0.1, 0.15) is 12.2 Å². The summed E-state index contributed by atoms with van der Waals surface area (Å²) in [5.74, 6) is -0.459. The van der Waals surface area contributed by atoms with E-state index >= 15 is 0 Å². The Morgan fingerprint density at radius 2 is 1.90 bits per heavy atom. The molecule has 170 valence electrons. The van der Waals surface area contributed by atoms with Crippen molar-refractivity contribution in [3.63, 3.8) is 0 Å². The fraction of sp³-hybridized carbons (Fsp3) is 0.727. The van der Waals surface area contributed by atoms with E-state index in [9.17, 15) is 14.7 Å². The summed E-state index contributed by atoms with van der Waals surface area (Å²) >= 11 is 2.13. The second kappa shape index (κ2) is 12.0. The number of hydrogen-bond donors (Lipinski definition) is 1. The van der Waals surface area contributed by atoms with Gasteiger partial charge in [0.25, 0.3) is 0 Å². The van der Waals surface area contributed by atoms with Crippen molar-refractivity contribution in [2.45, 2.75) is 58.3 Å². The zero-order valence-electron chi connectivity index (χ0n) is 18.4. The van der Waals surface area contributed by atoms with Crippen molar-refractivity contribution in [3.05, 3.63) is 21.8 Å². The molecule has 0 bridgehead atoms. The van der Waals surface area contributed by atoms with Crippen LogP contribution in [-0.2, 0) is 14.3 Å². The number of aliphatic hydroxyl groups is 1. The van der Waals surface area contributed by atoms with Crippen LogP contribution in [0.5, 0.6) is 0 Å². The van der Waals surface area contributed by atoms with E-state index in [1.54, 1.807) is 4.90 Å². The number of cyclic esters (lactones) is 1. The topological polar surface area (TPSA) is 79.3 Å². The average molecular weight is 534 g/mol. The molecule has 0 aromatic carbocycles. The molecule has 2 aliphatic heterocycles. The molecule has 7 nitrogen and oxygen atoms in total. The molecule has 1 saturated heterocycles. The number of halogens is 1. The van der Waals surface area contributed by atoms with Crippen molar-refractivity contribution in [2.24, 2.45) is 11.8 Å². The van der Waals surface area contributed by atoms with E-state index in [-0.39, 0.29) is 24.3 Å². The van der Waals surface area contributed by atoms with Gasteiger partial charge in [-0.15, -0.1) is 0 Å². The lowest BCUT2D eigenvalue weighted by Crippen LogP contribution is -2.48. The van der Waals surface area contributed by atoms with Gasteiger partial charge in [-0.1, -0.05) is 42.5 Å². The van der Waals surface area contributed by atoms with Gasteiger partial charge in [0.05, 0.1) is 12.5 Å². The van der Waals surface area contributed by atoms with Gasteiger partial charge in [-0.05, 0) is 48.5 Å². The number of nitrogens with zero attached hydrogens (tertiary/aromatic N) is 2. The Morgan fingerprint density at radius 3 is 2.53 bits per heavy atom. The minimum absolute atomic E-state index is 0.0228. The molecule has 8 heteroatoms. The number of likely N-dealkylation sites (N-methyl/N-ethyl adjacent to an activating group) is 1.